The molecular weight excluding hydrogens is 388 g/mol. The Balaban J connectivity index is 2.43. The van der Waals surface area contributed by atoms with Crippen molar-refractivity contribution < 1.29 is 22.7 Å². The fraction of sp³-hybridized carbons (Fsp3) is 0.429. The lowest BCUT2D eigenvalue weighted by Crippen LogP contribution is -2.44. The fourth-order valence-electron chi connectivity index (χ4n) is 2.53. The summed E-state index contributed by atoms with van der Waals surface area (Å²) in [6.07, 6.45) is 1.10. The Morgan fingerprint density at radius 3 is 2.70 bits per heavy atom. The van der Waals surface area contributed by atoms with Crippen LogP contribution in [0.25, 0.3) is 0 Å². The predicted molar refractivity (Wildman–Crippen MR) is 86.2 cm³/mol. The van der Waals surface area contributed by atoms with E-state index in [0.29, 0.717) is 17.3 Å². The molecule has 1 fully saturated rings. The van der Waals surface area contributed by atoms with Crippen LogP contribution in [0.15, 0.2) is 27.6 Å². The van der Waals surface area contributed by atoms with Crippen LogP contribution in [-0.4, -0.2) is 44.8 Å². The molecule has 1 saturated heterocycles. The highest BCUT2D eigenvalue weighted by atomic mass is 79.9. The van der Waals surface area contributed by atoms with E-state index in [0.717, 1.165) is 0 Å². The van der Waals surface area contributed by atoms with E-state index in [1.807, 2.05) is 0 Å². The minimum Gasteiger partial charge on any atom is -0.465 e. The number of hydrogen-bond donors (Lipinski definition) is 1. The van der Waals surface area contributed by atoms with Gasteiger partial charge in [-0.3, -0.25) is 4.79 Å². The average Bonchev–Trinajstić information content (AvgIpc) is 2.53. The molecule has 23 heavy (non-hydrogen) atoms. The molecule has 1 unspecified atom stereocenters. The molecule has 1 aromatic rings. The summed E-state index contributed by atoms with van der Waals surface area (Å²) in [6, 6.07) is 4.28. The zero-order chi connectivity index (χ0) is 17.2. The smallest absolute Gasteiger partial charge is 0.339 e. The maximum absolute atomic E-state index is 12.9. The Morgan fingerprint density at radius 1 is 1.39 bits per heavy atom. The maximum Gasteiger partial charge on any atom is 0.339 e. The second-order valence-electron chi connectivity index (χ2n) is 5.24. The number of piperidine rings is 1. The van der Waals surface area contributed by atoms with Crippen molar-refractivity contribution in [3.05, 3.63) is 28.2 Å². The van der Waals surface area contributed by atoms with Crippen molar-refractivity contribution in [1.29, 1.82) is 0 Å². The van der Waals surface area contributed by atoms with Gasteiger partial charge < -0.3 is 10.5 Å². The highest BCUT2D eigenvalue weighted by molar-refractivity contribution is 9.10. The largest absolute Gasteiger partial charge is 0.465 e. The van der Waals surface area contributed by atoms with Crippen LogP contribution < -0.4 is 5.73 Å². The summed E-state index contributed by atoms with van der Waals surface area (Å²) >= 11 is 3.21. The standard InChI is InChI=1S/C14H17BrN2O5S/c1-22-14(19)11-7-10(15)4-5-12(11)23(20,21)17-6-2-3-9(8-17)13(16)18/h4-5,7,9H,2-3,6,8H2,1H3,(H2,16,18). The Hall–Kier alpha value is -1.45. The van der Waals surface area contributed by atoms with E-state index in [9.17, 15) is 18.0 Å². The van der Waals surface area contributed by atoms with Crippen LogP contribution >= 0.6 is 15.9 Å². The number of rotatable bonds is 4. The lowest BCUT2D eigenvalue weighted by atomic mass is 9.99. The summed E-state index contributed by atoms with van der Waals surface area (Å²) in [5, 5.41) is 0. The number of esters is 1. The van der Waals surface area contributed by atoms with E-state index in [1.54, 1.807) is 0 Å². The second-order valence-corrected chi connectivity index (χ2v) is 8.06. The van der Waals surface area contributed by atoms with Gasteiger partial charge in [0.15, 0.2) is 0 Å². The van der Waals surface area contributed by atoms with Crippen LogP contribution in [0.2, 0.25) is 0 Å². The zero-order valence-electron chi connectivity index (χ0n) is 12.5. The van der Waals surface area contributed by atoms with Crippen molar-refractivity contribution in [2.75, 3.05) is 20.2 Å². The molecule has 0 spiro atoms. The molecule has 2 N–H and O–H groups in total. The molecule has 1 aliphatic rings. The highest BCUT2D eigenvalue weighted by Crippen LogP contribution is 2.28. The number of halogens is 1. The van der Waals surface area contributed by atoms with Crippen LogP contribution in [-0.2, 0) is 19.6 Å². The van der Waals surface area contributed by atoms with Gasteiger partial charge in [-0.1, -0.05) is 15.9 Å². The van der Waals surface area contributed by atoms with Crippen molar-refractivity contribution >= 4 is 37.8 Å². The van der Waals surface area contributed by atoms with Gasteiger partial charge in [-0.05, 0) is 31.0 Å². The minimum absolute atomic E-state index is 0.0222. The van der Waals surface area contributed by atoms with Crippen molar-refractivity contribution in [2.45, 2.75) is 17.7 Å². The molecule has 0 bridgehead atoms. The van der Waals surface area contributed by atoms with Crippen molar-refractivity contribution in [3.63, 3.8) is 0 Å². The molecule has 1 atom stereocenters. The molecule has 1 heterocycles. The first-order chi connectivity index (χ1) is 10.8. The summed E-state index contributed by atoms with van der Waals surface area (Å²) in [5.41, 5.74) is 5.24. The van der Waals surface area contributed by atoms with Crippen LogP contribution in [0.5, 0.6) is 0 Å². The Bertz CT molecular complexity index is 735. The van der Waals surface area contributed by atoms with Gasteiger partial charge in [0.05, 0.1) is 23.5 Å². The van der Waals surface area contributed by atoms with E-state index >= 15 is 0 Å². The van der Waals surface area contributed by atoms with E-state index in [4.69, 9.17) is 5.73 Å². The number of sulfonamides is 1. The van der Waals surface area contributed by atoms with Gasteiger partial charge in [-0.15, -0.1) is 0 Å². The number of nitrogens with two attached hydrogens (primary N) is 1. The molecule has 126 valence electrons. The summed E-state index contributed by atoms with van der Waals surface area (Å²) in [4.78, 5) is 23.1. The molecule has 0 aliphatic carbocycles. The van der Waals surface area contributed by atoms with Gasteiger partial charge in [-0.2, -0.15) is 4.31 Å². The van der Waals surface area contributed by atoms with E-state index in [1.165, 1.54) is 29.6 Å². The lowest BCUT2D eigenvalue weighted by Gasteiger charge is -2.30. The molecule has 0 saturated carbocycles. The molecule has 1 amide bonds. The summed E-state index contributed by atoms with van der Waals surface area (Å²) in [5.74, 6) is -1.78. The molecule has 9 heteroatoms. The van der Waals surface area contributed by atoms with Crippen LogP contribution in [0.1, 0.15) is 23.2 Å². The lowest BCUT2D eigenvalue weighted by molar-refractivity contribution is -0.122. The topological polar surface area (TPSA) is 107 Å². The van der Waals surface area contributed by atoms with Crippen LogP contribution in [0.3, 0.4) is 0 Å². The van der Waals surface area contributed by atoms with Crippen molar-refractivity contribution in [3.8, 4) is 0 Å². The van der Waals surface area contributed by atoms with Crippen molar-refractivity contribution in [1.82, 2.24) is 4.31 Å². The predicted octanol–water partition coefficient (Wildman–Crippen LogP) is 1.12. The highest BCUT2D eigenvalue weighted by Gasteiger charge is 2.34. The number of amides is 1. The first-order valence-electron chi connectivity index (χ1n) is 6.94. The van der Waals surface area contributed by atoms with Crippen LogP contribution in [0.4, 0.5) is 0 Å². The number of benzene rings is 1. The summed E-state index contributed by atoms with van der Waals surface area (Å²) in [6.45, 7) is 0.303. The third-order valence-corrected chi connectivity index (χ3v) is 6.17. The molecule has 1 aliphatic heterocycles. The molecule has 2 rings (SSSR count). The Morgan fingerprint density at radius 2 is 2.09 bits per heavy atom. The molecular formula is C14H17BrN2O5S. The zero-order valence-corrected chi connectivity index (χ0v) is 14.9. The number of primary amides is 1. The third kappa shape index (κ3) is 3.73. The monoisotopic (exact) mass is 404 g/mol. The van der Waals surface area contributed by atoms with Gasteiger partial charge in [0.25, 0.3) is 0 Å². The number of ether oxygens (including phenoxy) is 1. The number of hydrogen-bond acceptors (Lipinski definition) is 5. The van der Waals surface area contributed by atoms with Crippen molar-refractivity contribution in [2.24, 2.45) is 11.7 Å². The first-order valence-corrected chi connectivity index (χ1v) is 9.18. The first kappa shape index (κ1) is 17.9. The minimum atomic E-state index is -3.93. The van der Waals surface area contributed by atoms with E-state index in [2.05, 4.69) is 20.7 Å². The van der Waals surface area contributed by atoms with E-state index in [-0.39, 0.29) is 23.5 Å². The molecule has 7 nitrogen and oxygen atoms in total. The maximum atomic E-state index is 12.9. The fourth-order valence-corrected chi connectivity index (χ4v) is 4.57. The number of nitrogens with zero attached hydrogens (tertiary/aromatic N) is 1. The number of carbonyl (C=O) groups is 2. The number of carbonyl (C=O) groups excluding carboxylic acids is 2. The van der Waals surface area contributed by atoms with Gasteiger partial charge in [0.1, 0.15) is 0 Å². The van der Waals surface area contributed by atoms with Gasteiger partial charge in [0.2, 0.25) is 15.9 Å². The molecule has 1 aromatic carbocycles. The Kier molecular flexibility index (Phi) is 5.43. The van der Waals surface area contributed by atoms with Gasteiger partial charge in [-0.25, -0.2) is 13.2 Å². The van der Waals surface area contributed by atoms with E-state index < -0.39 is 27.8 Å². The Labute approximate surface area is 143 Å². The van der Waals surface area contributed by atoms with Gasteiger partial charge in [0, 0.05) is 17.6 Å². The van der Waals surface area contributed by atoms with Gasteiger partial charge >= 0.3 is 5.97 Å². The normalized spacial score (nSPS) is 19.3. The van der Waals surface area contributed by atoms with Crippen LogP contribution in [0, 0.1) is 5.92 Å². The molecule has 0 aromatic heterocycles. The second kappa shape index (κ2) is 6.98. The SMILES string of the molecule is COC(=O)c1cc(Br)ccc1S(=O)(=O)N1CCCC(C(N)=O)C1. The average molecular weight is 405 g/mol. The number of methoxy groups -OCH3 is 1. The third-order valence-electron chi connectivity index (χ3n) is 3.75. The summed E-state index contributed by atoms with van der Waals surface area (Å²) < 4.78 is 32.1. The quantitative estimate of drug-likeness (QED) is 0.756. The molecule has 0 radical (unpaired) electrons. The summed E-state index contributed by atoms with van der Waals surface area (Å²) in [7, 11) is -2.74.